The van der Waals surface area contributed by atoms with Crippen LogP contribution in [0.25, 0.3) is 0 Å². The van der Waals surface area contributed by atoms with Crippen molar-refractivity contribution in [2.45, 2.75) is 11.3 Å². The number of hydrogen-bond acceptors (Lipinski definition) is 3. The highest BCUT2D eigenvalue weighted by molar-refractivity contribution is 7.89. The van der Waals surface area contributed by atoms with Gasteiger partial charge < -0.3 is 5.32 Å². The summed E-state index contributed by atoms with van der Waals surface area (Å²) in [5, 5.41) is 2.84. The van der Waals surface area contributed by atoms with Crippen molar-refractivity contribution in [1.82, 2.24) is 4.72 Å². The van der Waals surface area contributed by atoms with E-state index in [0.717, 1.165) is 0 Å². The Morgan fingerprint density at radius 3 is 2.43 bits per heavy atom. The minimum absolute atomic E-state index is 0.140. The molecule has 21 heavy (non-hydrogen) atoms. The van der Waals surface area contributed by atoms with Crippen molar-refractivity contribution >= 4 is 15.7 Å². The van der Waals surface area contributed by atoms with Crippen LogP contribution in [0.4, 0.5) is 10.1 Å². The Morgan fingerprint density at radius 1 is 1.05 bits per heavy atom. The summed E-state index contributed by atoms with van der Waals surface area (Å²) in [6.07, 6.45) is 0.299. The number of nitrogens with one attached hydrogen (secondary N) is 2. The summed E-state index contributed by atoms with van der Waals surface area (Å²) in [5.74, 6) is -0.327. The Bertz CT molecular complexity index is 717. The van der Waals surface area contributed by atoms with E-state index >= 15 is 0 Å². The van der Waals surface area contributed by atoms with Crippen LogP contribution >= 0.6 is 0 Å². The molecule has 0 spiro atoms. The number of rotatable bonds is 6. The summed E-state index contributed by atoms with van der Waals surface area (Å²) in [6, 6.07) is 13.0. The number of para-hydroxylation sites is 1. The number of halogens is 1. The lowest BCUT2D eigenvalue weighted by molar-refractivity contribution is 0.577. The Hall–Kier alpha value is -1.92. The second-order valence-corrected chi connectivity index (χ2v) is 6.22. The van der Waals surface area contributed by atoms with Crippen LogP contribution in [0.3, 0.4) is 0 Å². The molecule has 0 aliphatic heterocycles. The van der Waals surface area contributed by atoms with Gasteiger partial charge in [0, 0.05) is 13.6 Å². The molecule has 2 rings (SSSR count). The van der Waals surface area contributed by atoms with Gasteiger partial charge in [0.05, 0.1) is 5.69 Å². The van der Waals surface area contributed by atoms with E-state index in [1.165, 1.54) is 12.1 Å². The van der Waals surface area contributed by atoms with E-state index in [4.69, 9.17) is 0 Å². The minimum atomic E-state index is -3.62. The smallest absolute Gasteiger partial charge is 0.242 e. The molecule has 112 valence electrons. The number of sulfonamides is 1. The van der Waals surface area contributed by atoms with Gasteiger partial charge in [-0.2, -0.15) is 0 Å². The number of benzene rings is 2. The van der Waals surface area contributed by atoms with Crippen molar-refractivity contribution in [3.8, 4) is 0 Å². The molecular weight excluding hydrogens is 291 g/mol. The molecular formula is C15H17FN2O2S. The first kappa shape index (κ1) is 15.5. The number of hydrogen-bond donors (Lipinski definition) is 2. The van der Waals surface area contributed by atoms with E-state index < -0.39 is 10.0 Å². The molecule has 0 aromatic heterocycles. The molecule has 0 saturated carbocycles. The van der Waals surface area contributed by atoms with Crippen LogP contribution in [0.15, 0.2) is 53.4 Å². The fraction of sp³-hybridized carbons (Fsp3) is 0.200. The summed E-state index contributed by atoms with van der Waals surface area (Å²) in [6.45, 7) is 0.140. The summed E-state index contributed by atoms with van der Waals surface area (Å²) in [5.41, 5.74) is 1.01. The first-order chi connectivity index (χ1) is 10.0. The highest BCUT2D eigenvalue weighted by Crippen LogP contribution is 2.19. The predicted molar refractivity (Wildman–Crippen MR) is 81.3 cm³/mol. The van der Waals surface area contributed by atoms with Crippen molar-refractivity contribution < 1.29 is 12.8 Å². The standard InChI is InChI=1S/C15H17FN2O2S/c1-17-14-8-4-5-9-15(14)21(19,20)18-11-10-12-6-2-3-7-13(12)16/h2-9,17-18H,10-11H2,1H3. The number of anilines is 1. The van der Waals surface area contributed by atoms with Gasteiger partial charge in [-0.1, -0.05) is 30.3 Å². The van der Waals surface area contributed by atoms with Crippen molar-refractivity contribution in [2.24, 2.45) is 0 Å². The van der Waals surface area contributed by atoms with Gasteiger partial charge in [-0.25, -0.2) is 17.5 Å². The zero-order valence-corrected chi connectivity index (χ0v) is 12.5. The highest BCUT2D eigenvalue weighted by Gasteiger charge is 2.17. The maximum Gasteiger partial charge on any atom is 0.242 e. The molecule has 4 nitrogen and oxygen atoms in total. The predicted octanol–water partition coefficient (Wildman–Crippen LogP) is 2.39. The lowest BCUT2D eigenvalue weighted by atomic mass is 10.1. The van der Waals surface area contributed by atoms with E-state index in [1.54, 1.807) is 43.4 Å². The van der Waals surface area contributed by atoms with Crippen molar-refractivity contribution in [1.29, 1.82) is 0 Å². The Kier molecular flexibility index (Phi) is 4.93. The maximum atomic E-state index is 13.5. The molecule has 0 radical (unpaired) electrons. The van der Waals surface area contributed by atoms with Gasteiger partial charge >= 0.3 is 0 Å². The molecule has 0 amide bonds. The third-order valence-corrected chi connectivity index (χ3v) is 4.61. The van der Waals surface area contributed by atoms with Crippen LogP contribution < -0.4 is 10.0 Å². The Labute approximate surface area is 124 Å². The van der Waals surface area contributed by atoms with Crippen LogP contribution in [0.1, 0.15) is 5.56 Å². The molecule has 0 bridgehead atoms. The summed E-state index contributed by atoms with van der Waals surface area (Å²) >= 11 is 0. The molecule has 2 N–H and O–H groups in total. The highest BCUT2D eigenvalue weighted by atomic mass is 32.2. The largest absolute Gasteiger partial charge is 0.387 e. The van der Waals surface area contributed by atoms with Crippen LogP contribution in [-0.2, 0) is 16.4 Å². The molecule has 0 fully saturated rings. The normalized spacial score (nSPS) is 11.3. The minimum Gasteiger partial charge on any atom is -0.387 e. The average Bonchev–Trinajstić information content (AvgIpc) is 2.49. The molecule has 0 atom stereocenters. The maximum absolute atomic E-state index is 13.5. The molecule has 0 aliphatic carbocycles. The Morgan fingerprint density at radius 2 is 1.71 bits per heavy atom. The van der Waals surface area contributed by atoms with Gasteiger partial charge in [0.15, 0.2) is 0 Å². The zero-order chi connectivity index (χ0) is 15.3. The van der Waals surface area contributed by atoms with E-state index in [1.807, 2.05) is 0 Å². The summed E-state index contributed by atoms with van der Waals surface area (Å²) in [4.78, 5) is 0.182. The van der Waals surface area contributed by atoms with Crippen LogP contribution in [0, 0.1) is 5.82 Å². The molecule has 0 saturated heterocycles. The molecule has 0 heterocycles. The molecule has 2 aromatic rings. The third-order valence-electron chi connectivity index (χ3n) is 3.09. The fourth-order valence-electron chi connectivity index (χ4n) is 2.01. The van der Waals surface area contributed by atoms with Crippen molar-refractivity contribution in [3.05, 3.63) is 59.9 Å². The van der Waals surface area contributed by atoms with Gasteiger partial charge in [0.25, 0.3) is 0 Å². The van der Waals surface area contributed by atoms with E-state index in [9.17, 15) is 12.8 Å². The van der Waals surface area contributed by atoms with E-state index in [-0.39, 0.29) is 17.3 Å². The van der Waals surface area contributed by atoms with Crippen LogP contribution in [-0.4, -0.2) is 22.0 Å². The topological polar surface area (TPSA) is 58.2 Å². The van der Waals surface area contributed by atoms with Gasteiger partial charge in [0.1, 0.15) is 10.7 Å². The summed E-state index contributed by atoms with van der Waals surface area (Å²) in [7, 11) is -1.96. The summed E-state index contributed by atoms with van der Waals surface area (Å²) < 4.78 is 40.4. The van der Waals surface area contributed by atoms with E-state index in [0.29, 0.717) is 17.7 Å². The van der Waals surface area contributed by atoms with Crippen LogP contribution in [0.5, 0.6) is 0 Å². The first-order valence-electron chi connectivity index (χ1n) is 6.54. The van der Waals surface area contributed by atoms with Crippen molar-refractivity contribution in [2.75, 3.05) is 18.9 Å². The Balaban J connectivity index is 2.07. The molecule has 0 unspecified atom stereocenters. The first-order valence-corrected chi connectivity index (χ1v) is 8.03. The van der Waals surface area contributed by atoms with Crippen LogP contribution in [0.2, 0.25) is 0 Å². The van der Waals surface area contributed by atoms with Crippen molar-refractivity contribution in [3.63, 3.8) is 0 Å². The monoisotopic (exact) mass is 308 g/mol. The molecule has 2 aromatic carbocycles. The molecule has 0 aliphatic rings. The molecule has 6 heteroatoms. The zero-order valence-electron chi connectivity index (χ0n) is 11.6. The average molecular weight is 308 g/mol. The van der Waals surface area contributed by atoms with Gasteiger partial charge in [0.2, 0.25) is 10.0 Å². The third kappa shape index (κ3) is 3.80. The SMILES string of the molecule is CNc1ccccc1S(=O)(=O)NCCc1ccccc1F. The lowest BCUT2D eigenvalue weighted by Gasteiger charge is -2.11. The second kappa shape index (κ2) is 6.69. The van der Waals surface area contributed by atoms with Gasteiger partial charge in [-0.3, -0.25) is 0 Å². The quantitative estimate of drug-likeness (QED) is 0.861. The van der Waals surface area contributed by atoms with E-state index in [2.05, 4.69) is 10.0 Å². The van der Waals surface area contributed by atoms with Gasteiger partial charge in [-0.05, 0) is 30.2 Å². The second-order valence-electron chi connectivity index (χ2n) is 4.49. The lowest BCUT2D eigenvalue weighted by Crippen LogP contribution is -2.26. The van der Waals surface area contributed by atoms with Gasteiger partial charge in [-0.15, -0.1) is 0 Å². The fourth-order valence-corrected chi connectivity index (χ4v) is 3.25.